The molecule has 1 aliphatic rings. The van der Waals surface area contributed by atoms with Crippen LogP contribution in [0, 0.1) is 3.57 Å². The van der Waals surface area contributed by atoms with Crippen LogP contribution in [0.1, 0.15) is 28.4 Å². The van der Waals surface area contributed by atoms with Gasteiger partial charge in [-0.1, -0.05) is 18.2 Å². The summed E-state index contributed by atoms with van der Waals surface area (Å²) < 4.78 is 12.5. The van der Waals surface area contributed by atoms with E-state index < -0.39 is 17.9 Å². The number of aromatic carboxylic acids is 1. The standard InChI is InChI=1S/C23H21IN2O6/c1-3-9-26-21(27)18(25-23(26)30)11-15-10-17(24)20(19(12-15)31-4-2)32-13-14-5-7-16(8-6-14)22(28)29/h3,5-8,10-12H,1,4,9,13H2,2H3,(H,25,30)(H,28,29)/b18-11+. The molecule has 0 saturated carbocycles. The van der Waals surface area contributed by atoms with Gasteiger partial charge in [-0.2, -0.15) is 0 Å². The number of amides is 3. The molecule has 1 aliphatic heterocycles. The maximum Gasteiger partial charge on any atom is 0.335 e. The highest BCUT2D eigenvalue weighted by Crippen LogP contribution is 2.35. The lowest BCUT2D eigenvalue weighted by molar-refractivity contribution is -0.122. The maximum atomic E-state index is 12.4. The number of halogens is 1. The highest BCUT2D eigenvalue weighted by atomic mass is 127. The van der Waals surface area contributed by atoms with Crippen LogP contribution in [-0.4, -0.2) is 41.1 Å². The molecule has 0 bridgehead atoms. The first kappa shape index (κ1) is 23.3. The molecule has 3 rings (SSSR count). The zero-order valence-corrected chi connectivity index (χ0v) is 19.4. The second-order valence-corrected chi connectivity index (χ2v) is 7.91. The number of carbonyl (C=O) groups is 3. The summed E-state index contributed by atoms with van der Waals surface area (Å²) in [6, 6.07) is 9.49. The fourth-order valence-electron chi connectivity index (χ4n) is 3.01. The number of carboxylic acid groups (broad SMARTS) is 1. The topological polar surface area (TPSA) is 105 Å². The first-order chi connectivity index (χ1) is 15.3. The number of ether oxygens (including phenoxy) is 2. The van der Waals surface area contributed by atoms with Crippen LogP contribution in [0.25, 0.3) is 6.08 Å². The molecular weight excluding hydrogens is 527 g/mol. The van der Waals surface area contributed by atoms with E-state index in [2.05, 4.69) is 34.5 Å². The molecule has 32 heavy (non-hydrogen) atoms. The SMILES string of the molecule is C=CCN1C(=O)N/C(=C/c2cc(I)c(OCc3ccc(C(=O)O)cc3)c(OCC)c2)C1=O. The summed E-state index contributed by atoms with van der Waals surface area (Å²) in [6.07, 6.45) is 3.07. The minimum atomic E-state index is -0.986. The van der Waals surface area contributed by atoms with E-state index in [1.165, 1.54) is 18.2 Å². The third-order valence-corrected chi connectivity index (χ3v) is 5.30. The number of rotatable bonds is 9. The largest absolute Gasteiger partial charge is 0.490 e. The van der Waals surface area contributed by atoms with Crippen molar-refractivity contribution in [2.24, 2.45) is 0 Å². The Morgan fingerprint density at radius 2 is 1.94 bits per heavy atom. The number of hydrogen-bond donors (Lipinski definition) is 2. The van der Waals surface area contributed by atoms with Crippen LogP contribution in [0.2, 0.25) is 0 Å². The van der Waals surface area contributed by atoms with Crippen molar-refractivity contribution in [2.45, 2.75) is 13.5 Å². The van der Waals surface area contributed by atoms with Gasteiger partial charge < -0.3 is 19.9 Å². The van der Waals surface area contributed by atoms with Gasteiger partial charge in [0.1, 0.15) is 12.3 Å². The highest BCUT2D eigenvalue weighted by molar-refractivity contribution is 14.1. The van der Waals surface area contributed by atoms with Crippen molar-refractivity contribution in [1.82, 2.24) is 10.2 Å². The highest BCUT2D eigenvalue weighted by Gasteiger charge is 2.32. The first-order valence-corrected chi connectivity index (χ1v) is 10.8. The van der Waals surface area contributed by atoms with E-state index in [1.54, 1.807) is 24.3 Å². The van der Waals surface area contributed by atoms with E-state index in [0.29, 0.717) is 23.7 Å². The quantitative estimate of drug-likeness (QED) is 0.212. The number of nitrogens with one attached hydrogen (secondary N) is 1. The number of hydrogen-bond acceptors (Lipinski definition) is 5. The Morgan fingerprint density at radius 1 is 1.22 bits per heavy atom. The van der Waals surface area contributed by atoms with E-state index in [0.717, 1.165) is 14.0 Å². The summed E-state index contributed by atoms with van der Waals surface area (Å²) in [5.41, 5.74) is 1.85. The van der Waals surface area contributed by atoms with Crippen LogP contribution in [0.15, 0.2) is 54.8 Å². The normalized spacial score (nSPS) is 14.4. The van der Waals surface area contributed by atoms with Gasteiger partial charge in [0.2, 0.25) is 0 Å². The van der Waals surface area contributed by atoms with Gasteiger partial charge in [0, 0.05) is 6.54 Å². The number of carboxylic acids is 1. The fourth-order valence-corrected chi connectivity index (χ4v) is 3.79. The Morgan fingerprint density at radius 3 is 2.56 bits per heavy atom. The molecule has 0 unspecified atom stereocenters. The van der Waals surface area contributed by atoms with E-state index in [4.69, 9.17) is 14.6 Å². The molecular formula is C23H21IN2O6. The summed E-state index contributed by atoms with van der Waals surface area (Å²) in [4.78, 5) is 36.5. The van der Waals surface area contributed by atoms with Gasteiger partial charge in [0.15, 0.2) is 11.5 Å². The Labute approximate surface area is 198 Å². The van der Waals surface area contributed by atoms with Crippen molar-refractivity contribution < 1.29 is 29.0 Å². The Bertz CT molecular complexity index is 1090. The van der Waals surface area contributed by atoms with Crippen LogP contribution in [0.5, 0.6) is 11.5 Å². The van der Waals surface area contributed by atoms with E-state index in [1.807, 2.05) is 13.0 Å². The third-order valence-electron chi connectivity index (χ3n) is 4.50. The van der Waals surface area contributed by atoms with E-state index in [-0.39, 0.29) is 24.4 Å². The van der Waals surface area contributed by atoms with Crippen LogP contribution >= 0.6 is 22.6 Å². The molecule has 1 fully saturated rings. The van der Waals surface area contributed by atoms with E-state index in [9.17, 15) is 14.4 Å². The number of carbonyl (C=O) groups excluding carboxylic acids is 2. The maximum absolute atomic E-state index is 12.4. The second kappa shape index (κ2) is 10.3. The number of urea groups is 1. The van der Waals surface area contributed by atoms with Gasteiger partial charge in [-0.3, -0.25) is 9.69 Å². The van der Waals surface area contributed by atoms with Crippen molar-refractivity contribution in [2.75, 3.05) is 13.2 Å². The lowest BCUT2D eigenvalue weighted by Crippen LogP contribution is -2.30. The molecule has 2 aromatic rings. The first-order valence-electron chi connectivity index (χ1n) is 9.70. The number of imide groups is 1. The molecule has 0 radical (unpaired) electrons. The Hall–Kier alpha value is -3.34. The van der Waals surface area contributed by atoms with Crippen LogP contribution in [0.3, 0.4) is 0 Å². The molecule has 1 heterocycles. The second-order valence-electron chi connectivity index (χ2n) is 6.75. The molecule has 3 amide bonds. The molecule has 166 valence electrons. The minimum absolute atomic E-state index is 0.129. The van der Waals surface area contributed by atoms with Crippen molar-refractivity contribution >= 4 is 46.6 Å². The Balaban J connectivity index is 1.83. The van der Waals surface area contributed by atoms with Gasteiger partial charge in [-0.15, -0.1) is 6.58 Å². The predicted octanol–water partition coefficient (Wildman–Crippen LogP) is 4.05. The summed E-state index contributed by atoms with van der Waals surface area (Å²) in [7, 11) is 0. The lowest BCUT2D eigenvalue weighted by atomic mass is 10.1. The van der Waals surface area contributed by atoms with Crippen molar-refractivity contribution in [3.63, 3.8) is 0 Å². The summed E-state index contributed by atoms with van der Waals surface area (Å²) in [5, 5.41) is 11.6. The molecule has 0 atom stereocenters. The van der Waals surface area contributed by atoms with Gasteiger partial charge in [-0.25, -0.2) is 9.59 Å². The van der Waals surface area contributed by atoms with Gasteiger partial charge in [0.25, 0.3) is 5.91 Å². The third kappa shape index (κ3) is 5.28. The predicted molar refractivity (Wildman–Crippen MR) is 126 cm³/mol. The minimum Gasteiger partial charge on any atom is -0.490 e. The van der Waals surface area contributed by atoms with Gasteiger partial charge in [-0.05, 0) is 71.0 Å². The number of benzene rings is 2. The van der Waals surface area contributed by atoms with Crippen LogP contribution < -0.4 is 14.8 Å². The number of nitrogens with zero attached hydrogens (tertiary/aromatic N) is 1. The van der Waals surface area contributed by atoms with Crippen molar-refractivity contribution in [3.8, 4) is 11.5 Å². The smallest absolute Gasteiger partial charge is 0.335 e. The average Bonchev–Trinajstić information content (AvgIpc) is 3.01. The molecule has 8 nitrogen and oxygen atoms in total. The zero-order chi connectivity index (χ0) is 23.3. The molecule has 2 aromatic carbocycles. The van der Waals surface area contributed by atoms with Crippen molar-refractivity contribution in [3.05, 3.63) is 75.0 Å². The van der Waals surface area contributed by atoms with E-state index >= 15 is 0 Å². The molecule has 2 N–H and O–H groups in total. The Kier molecular flexibility index (Phi) is 7.52. The summed E-state index contributed by atoms with van der Waals surface area (Å²) in [6.45, 7) is 6.16. The van der Waals surface area contributed by atoms with Gasteiger partial charge in [0.05, 0.1) is 15.7 Å². The summed E-state index contributed by atoms with van der Waals surface area (Å²) in [5.74, 6) is -0.381. The molecule has 1 saturated heterocycles. The van der Waals surface area contributed by atoms with Crippen LogP contribution in [0.4, 0.5) is 4.79 Å². The molecule has 0 spiro atoms. The van der Waals surface area contributed by atoms with Crippen LogP contribution in [-0.2, 0) is 11.4 Å². The molecule has 0 aromatic heterocycles. The lowest BCUT2D eigenvalue weighted by Gasteiger charge is -2.15. The zero-order valence-electron chi connectivity index (χ0n) is 17.3. The fraction of sp³-hybridized carbons (Fsp3) is 0.174. The van der Waals surface area contributed by atoms with Gasteiger partial charge >= 0.3 is 12.0 Å². The van der Waals surface area contributed by atoms with Crippen molar-refractivity contribution in [1.29, 1.82) is 0 Å². The monoisotopic (exact) mass is 548 g/mol. The summed E-state index contributed by atoms with van der Waals surface area (Å²) >= 11 is 2.11. The molecule has 0 aliphatic carbocycles. The molecule has 9 heteroatoms. The average molecular weight is 548 g/mol.